The van der Waals surface area contributed by atoms with Gasteiger partial charge < -0.3 is 0 Å². The number of anilines is 1. The van der Waals surface area contributed by atoms with Gasteiger partial charge >= 0.3 is 5.69 Å². The molecule has 2 heterocycles. The number of aromatic nitrogens is 4. The molecule has 10 heteroatoms. The Morgan fingerprint density at radius 2 is 2.44 bits per heavy atom. The predicted molar refractivity (Wildman–Crippen MR) is 55.7 cm³/mol. The first kappa shape index (κ1) is 10.4. The van der Waals surface area contributed by atoms with Gasteiger partial charge in [-0.15, -0.1) is 10.2 Å². The molecule has 2 aromatic heterocycles. The standard InChI is InChI=1S/C6H7N7O2S/c7-9-6-11-10-5(16-6)3-12-2-4(1-8-12)13(14)15/h1-2H,3,7H2,(H,9,11). The molecule has 0 radical (unpaired) electrons. The molecule has 2 aromatic rings. The molecule has 0 unspecified atom stereocenters. The van der Waals surface area contributed by atoms with Crippen molar-refractivity contribution in [2.24, 2.45) is 5.84 Å². The van der Waals surface area contributed by atoms with E-state index in [9.17, 15) is 10.1 Å². The van der Waals surface area contributed by atoms with Gasteiger partial charge in [0.05, 0.1) is 11.5 Å². The normalized spacial score (nSPS) is 10.3. The molecule has 0 aliphatic heterocycles. The lowest BCUT2D eigenvalue weighted by atomic mass is 10.6. The molecular weight excluding hydrogens is 234 g/mol. The smallest absolute Gasteiger partial charge is 0.298 e. The summed E-state index contributed by atoms with van der Waals surface area (Å²) in [5.41, 5.74) is 2.31. The number of nitrogens with one attached hydrogen (secondary N) is 1. The zero-order valence-corrected chi connectivity index (χ0v) is 8.72. The van der Waals surface area contributed by atoms with Crippen molar-refractivity contribution in [3.8, 4) is 0 Å². The van der Waals surface area contributed by atoms with Crippen molar-refractivity contribution in [3.63, 3.8) is 0 Å². The molecule has 0 saturated heterocycles. The van der Waals surface area contributed by atoms with E-state index in [4.69, 9.17) is 5.84 Å². The molecule has 0 spiro atoms. The highest BCUT2D eigenvalue weighted by Gasteiger charge is 2.10. The first-order chi connectivity index (χ1) is 7.69. The maximum atomic E-state index is 10.4. The molecule has 9 nitrogen and oxygen atoms in total. The van der Waals surface area contributed by atoms with Crippen LogP contribution in [0.3, 0.4) is 0 Å². The monoisotopic (exact) mass is 241 g/mol. The quantitative estimate of drug-likeness (QED) is 0.437. The number of hydrazine groups is 1. The Morgan fingerprint density at radius 3 is 3.00 bits per heavy atom. The Kier molecular flexibility index (Phi) is 2.74. The topological polar surface area (TPSA) is 125 Å². The molecule has 84 valence electrons. The van der Waals surface area contributed by atoms with Crippen LogP contribution in [-0.4, -0.2) is 24.9 Å². The zero-order valence-electron chi connectivity index (χ0n) is 7.90. The highest BCUT2D eigenvalue weighted by molar-refractivity contribution is 7.15. The Morgan fingerprint density at radius 1 is 1.62 bits per heavy atom. The van der Waals surface area contributed by atoms with Gasteiger partial charge in [0.1, 0.15) is 17.4 Å². The molecule has 0 amide bonds. The third kappa shape index (κ3) is 2.12. The highest BCUT2D eigenvalue weighted by Crippen LogP contribution is 2.15. The Bertz CT molecular complexity index is 506. The maximum Gasteiger partial charge on any atom is 0.307 e. The number of hydrogen-bond donors (Lipinski definition) is 2. The number of hydrogen-bond acceptors (Lipinski definition) is 8. The fourth-order valence-corrected chi connectivity index (χ4v) is 1.69. The van der Waals surface area contributed by atoms with Crippen LogP contribution in [-0.2, 0) is 6.54 Å². The average Bonchev–Trinajstić information content (AvgIpc) is 2.87. The van der Waals surface area contributed by atoms with Gasteiger partial charge in [0.25, 0.3) is 0 Å². The van der Waals surface area contributed by atoms with Crippen molar-refractivity contribution in [3.05, 3.63) is 27.5 Å². The maximum absolute atomic E-state index is 10.4. The van der Waals surface area contributed by atoms with Gasteiger partial charge in [0.2, 0.25) is 5.13 Å². The van der Waals surface area contributed by atoms with Crippen LogP contribution < -0.4 is 11.3 Å². The van der Waals surface area contributed by atoms with Crippen molar-refractivity contribution >= 4 is 22.2 Å². The summed E-state index contributed by atoms with van der Waals surface area (Å²) in [5.74, 6) is 5.15. The fraction of sp³-hybridized carbons (Fsp3) is 0.167. The summed E-state index contributed by atoms with van der Waals surface area (Å²) in [6.07, 6.45) is 2.51. The van der Waals surface area contributed by atoms with E-state index in [2.05, 4.69) is 20.7 Å². The minimum absolute atomic E-state index is 0.0540. The van der Waals surface area contributed by atoms with Crippen LogP contribution in [0.2, 0.25) is 0 Å². The molecule has 0 aliphatic carbocycles. The van der Waals surface area contributed by atoms with Crippen LogP contribution in [0.4, 0.5) is 10.8 Å². The van der Waals surface area contributed by atoms with E-state index in [1.165, 1.54) is 28.4 Å². The van der Waals surface area contributed by atoms with Gasteiger partial charge in [-0.3, -0.25) is 20.2 Å². The molecule has 0 atom stereocenters. The summed E-state index contributed by atoms with van der Waals surface area (Å²) in [5, 5.41) is 23.0. The van der Waals surface area contributed by atoms with Crippen LogP contribution in [0.15, 0.2) is 12.4 Å². The first-order valence-corrected chi connectivity index (χ1v) is 4.96. The van der Waals surface area contributed by atoms with E-state index in [1.807, 2.05) is 0 Å². The van der Waals surface area contributed by atoms with Crippen molar-refractivity contribution in [1.82, 2.24) is 20.0 Å². The van der Waals surface area contributed by atoms with Crippen LogP contribution in [0.1, 0.15) is 5.01 Å². The number of nitrogen functional groups attached to an aromatic ring is 1. The first-order valence-electron chi connectivity index (χ1n) is 4.15. The summed E-state index contributed by atoms with van der Waals surface area (Å²) < 4.78 is 1.42. The van der Waals surface area contributed by atoms with E-state index in [1.54, 1.807) is 0 Å². The highest BCUT2D eigenvalue weighted by atomic mass is 32.1. The Labute approximate surface area is 93.0 Å². The molecular formula is C6H7N7O2S. The van der Waals surface area contributed by atoms with Crippen LogP contribution >= 0.6 is 11.3 Å². The molecule has 0 fully saturated rings. The summed E-state index contributed by atoms with van der Waals surface area (Å²) in [6, 6.07) is 0. The fourth-order valence-electron chi connectivity index (χ4n) is 1.05. The van der Waals surface area contributed by atoms with Gasteiger partial charge in [-0.25, -0.2) is 5.84 Å². The number of rotatable bonds is 4. The lowest BCUT2D eigenvalue weighted by Gasteiger charge is -1.93. The number of nitrogens with zero attached hydrogens (tertiary/aromatic N) is 5. The molecule has 0 aliphatic rings. The third-order valence-corrected chi connectivity index (χ3v) is 2.56. The van der Waals surface area contributed by atoms with Crippen molar-refractivity contribution in [1.29, 1.82) is 0 Å². The van der Waals surface area contributed by atoms with Crippen LogP contribution in [0.5, 0.6) is 0 Å². The molecule has 3 N–H and O–H groups in total. The van der Waals surface area contributed by atoms with Crippen molar-refractivity contribution in [2.45, 2.75) is 6.54 Å². The van der Waals surface area contributed by atoms with Crippen molar-refractivity contribution in [2.75, 3.05) is 5.43 Å². The van der Waals surface area contributed by atoms with E-state index in [-0.39, 0.29) is 5.69 Å². The molecule has 0 bridgehead atoms. The predicted octanol–water partition coefficient (Wildman–Crippen LogP) is -0.0233. The number of nitrogens with two attached hydrogens (primary N) is 1. The minimum Gasteiger partial charge on any atom is -0.298 e. The number of nitro groups is 1. The van der Waals surface area contributed by atoms with E-state index < -0.39 is 4.92 Å². The lowest BCUT2D eigenvalue weighted by Crippen LogP contribution is -2.05. The summed E-state index contributed by atoms with van der Waals surface area (Å²) in [6.45, 7) is 0.327. The average molecular weight is 241 g/mol. The van der Waals surface area contributed by atoms with Crippen molar-refractivity contribution < 1.29 is 4.92 Å². The van der Waals surface area contributed by atoms with Gasteiger partial charge in [-0.05, 0) is 0 Å². The Hall–Kier alpha value is -2.07. The molecule has 16 heavy (non-hydrogen) atoms. The molecule has 0 aromatic carbocycles. The van der Waals surface area contributed by atoms with Crippen LogP contribution in [0, 0.1) is 10.1 Å². The SMILES string of the molecule is NNc1nnc(Cn2cc([N+](=O)[O-])cn2)s1. The Balaban J connectivity index is 2.11. The van der Waals surface area contributed by atoms with Gasteiger partial charge in [-0.2, -0.15) is 5.10 Å². The zero-order chi connectivity index (χ0) is 11.5. The largest absolute Gasteiger partial charge is 0.307 e. The second-order valence-corrected chi connectivity index (χ2v) is 3.86. The van der Waals surface area contributed by atoms with Gasteiger partial charge in [0.15, 0.2) is 0 Å². The lowest BCUT2D eigenvalue weighted by molar-refractivity contribution is -0.385. The van der Waals surface area contributed by atoms with Gasteiger partial charge in [-0.1, -0.05) is 11.3 Å². The summed E-state index contributed by atoms with van der Waals surface area (Å²) in [7, 11) is 0. The van der Waals surface area contributed by atoms with Gasteiger partial charge in [0, 0.05) is 0 Å². The van der Waals surface area contributed by atoms with E-state index in [0.29, 0.717) is 16.7 Å². The summed E-state index contributed by atoms with van der Waals surface area (Å²) in [4.78, 5) is 9.91. The van der Waals surface area contributed by atoms with E-state index >= 15 is 0 Å². The summed E-state index contributed by atoms with van der Waals surface area (Å²) >= 11 is 1.26. The molecule has 2 rings (SSSR count). The third-order valence-electron chi connectivity index (χ3n) is 1.72. The molecule has 0 saturated carbocycles. The second kappa shape index (κ2) is 4.20. The van der Waals surface area contributed by atoms with Crippen LogP contribution in [0.25, 0.3) is 0 Å². The van der Waals surface area contributed by atoms with E-state index in [0.717, 1.165) is 0 Å². The second-order valence-electron chi connectivity index (χ2n) is 2.80. The minimum atomic E-state index is -0.504.